The van der Waals surface area contributed by atoms with Gasteiger partial charge >= 0.3 is 0 Å². The van der Waals surface area contributed by atoms with E-state index in [4.69, 9.17) is 10.5 Å². The fourth-order valence-corrected chi connectivity index (χ4v) is 2.94. The molecule has 1 aromatic heterocycles. The first kappa shape index (κ1) is 16.5. The zero-order chi connectivity index (χ0) is 17.2. The molecule has 1 aliphatic rings. The third kappa shape index (κ3) is 3.57. The number of hydrogen-bond donors (Lipinski definition) is 1. The first-order valence-electron chi connectivity index (χ1n) is 8.18. The predicted molar refractivity (Wildman–Crippen MR) is 93.0 cm³/mol. The van der Waals surface area contributed by atoms with Crippen LogP contribution in [0.3, 0.4) is 0 Å². The molecule has 1 aromatic carbocycles. The highest BCUT2D eigenvalue weighted by molar-refractivity contribution is 5.94. The maximum Gasteiger partial charge on any atom is 0.253 e. The molecule has 2 aromatic rings. The summed E-state index contributed by atoms with van der Waals surface area (Å²) in [6.07, 6.45) is 4.18. The zero-order valence-corrected chi connectivity index (χ0v) is 14.1. The monoisotopic (exact) mass is 325 g/mol. The van der Waals surface area contributed by atoms with Crippen LogP contribution in [0.25, 0.3) is 0 Å². The smallest absolute Gasteiger partial charge is 0.253 e. The van der Waals surface area contributed by atoms with Crippen LogP contribution >= 0.6 is 0 Å². The maximum atomic E-state index is 12.7. The molecular formula is C19H23N3O2. The van der Waals surface area contributed by atoms with Gasteiger partial charge in [0, 0.05) is 30.9 Å². The lowest BCUT2D eigenvalue weighted by atomic mass is 9.79. The second-order valence-corrected chi connectivity index (χ2v) is 6.93. The van der Waals surface area contributed by atoms with Gasteiger partial charge in [-0.15, -0.1) is 0 Å². The van der Waals surface area contributed by atoms with Crippen LogP contribution in [0.1, 0.15) is 30.6 Å². The minimum Gasteiger partial charge on any atom is -0.456 e. The molecule has 3 rings (SSSR count). The first-order valence-corrected chi connectivity index (χ1v) is 8.18. The van der Waals surface area contributed by atoms with Crippen LogP contribution in [0.15, 0.2) is 48.8 Å². The fraction of sp³-hybridized carbons (Fsp3) is 0.368. The van der Waals surface area contributed by atoms with Crippen molar-refractivity contribution in [1.29, 1.82) is 0 Å². The number of likely N-dealkylation sites (tertiary alicyclic amines) is 1. The third-order valence-corrected chi connectivity index (χ3v) is 4.57. The zero-order valence-electron chi connectivity index (χ0n) is 14.1. The highest BCUT2D eigenvalue weighted by atomic mass is 16.5. The van der Waals surface area contributed by atoms with Crippen molar-refractivity contribution >= 4 is 5.91 Å². The van der Waals surface area contributed by atoms with Gasteiger partial charge in [-0.2, -0.15) is 0 Å². The molecule has 1 aliphatic heterocycles. The first-order chi connectivity index (χ1) is 11.5. The summed E-state index contributed by atoms with van der Waals surface area (Å²) in [4.78, 5) is 18.6. The molecule has 2 heterocycles. The van der Waals surface area contributed by atoms with Gasteiger partial charge < -0.3 is 15.4 Å². The van der Waals surface area contributed by atoms with Crippen LogP contribution in [0.4, 0.5) is 0 Å². The molecule has 5 heteroatoms. The van der Waals surface area contributed by atoms with Crippen molar-refractivity contribution in [3.8, 4) is 11.5 Å². The van der Waals surface area contributed by atoms with Gasteiger partial charge in [-0.1, -0.05) is 13.8 Å². The van der Waals surface area contributed by atoms with Gasteiger partial charge in [-0.3, -0.25) is 9.78 Å². The number of amides is 1. The topological polar surface area (TPSA) is 68.5 Å². The van der Waals surface area contributed by atoms with Crippen LogP contribution in [0, 0.1) is 5.41 Å². The predicted octanol–water partition coefficient (Wildman–Crippen LogP) is 3.07. The van der Waals surface area contributed by atoms with Gasteiger partial charge in [0.1, 0.15) is 11.5 Å². The Labute approximate surface area is 142 Å². The molecule has 0 spiro atoms. The van der Waals surface area contributed by atoms with Crippen LogP contribution in [-0.2, 0) is 0 Å². The van der Waals surface area contributed by atoms with Crippen molar-refractivity contribution in [1.82, 2.24) is 9.88 Å². The number of pyridine rings is 1. The Hall–Kier alpha value is -2.40. The number of benzene rings is 1. The summed E-state index contributed by atoms with van der Waals surface area (Å²) in [6.45, 7) is 5.61. The fourth-order valence-electron chi connectivity index (χ4n) is 2.94. The molecule has 1 atom stereocenters. The van der Waals surface area contributed by atoms with Gasteiger partial charge in [0.25, 0.3) is 5.91 Å². The van der Waals surface area contributed by atoms with E-state index in [-0.39, 0.29) is 17.4 Å². The average molecular weight is 325 g/mol. The number of nitrogens with zero attached hydrogens (tertiary/aromatic N) is 2. The highest BCUT2D eigenvalue weighted by Gasteiger charge is 2.35. The number of hydrogen-bond acceptors (Lipinski definition) is 4. The average Bonchev–Trinajstić information content (AvgIpc) is 2.58. The van der Waals surface area contributed by atoms with E-state index in [2.05, 4.69) is 18.8 Å². The van der Waals surface area contributed by atoms with Crippen molar-refractivity contribution in [3.63, 3.8) is 0 Å². The number of carbonyl (C=O) groups is 1. The van der Waals surface area contributed by atoms with E-state index >= 15 is 0 Å². The number of nitrogens with two attached hydrogens (primary N) is 1. The van der Waals surface area contributed by atoms with Crippen molar-refractivity contribution in [2.24, 2.45) is 11.1 Å². The summed E-state index contributed by atoms with van der Waals surface area (Å²) < 4.78 is 5.70. The molecule has 0 aliphatic carbocycles. The normalized spacial score (nSPS) is 19.8. The molecule has 0 bridgehead atoms. The number of rotatable bonds is 3. The Balaban J connectivity index is 1.68. The Morgan fingerprint density at radius 2 is 2.00 bits per heavy atom. The van der Waals surface area contributed by atoms with E-state index in [1.54, 1.807) is 36.7 Å². The van der Waals surface area contributed by atoms with Crippen molar-refractivity contribution < 1.29 is 9.53 Å². The van der Waals surface area contributed by atoms with Crippen LogP contribution in [0.5, 0.6) is 11.5 Å². The van der Waals surface area contributed by atoms with Crippen LogP contribution in [0.2, 0.25) is 0 Å². The van der Waals surface area contributed by atoms with Gasteiger partial charge in [0.2, 0.25) is 0 Å². The molecule has 24 heavy (non-hydrogen) atoms. The highest BCUT2D eigenvalue weighted by Crippen LogP contribution is 2.29. The molecule has 2 N–H and O–H groups in total. The molecule has 126 valence electrons. The Kier molecular flexibility index (Phi) is 4.53. The summed E-state index contributed by atoms with van der Waals surface area (Å²) in [5.41, 5.74) is 6.76. The number of aromatic nitrogens is 1. The summed E-state index contributed by atoms with van der Waals surface area (Å²) in [7, 11) is 0. The Bertz CT molecular complexity index is 698. The van der Waals surface area contributed by atoms with E-state index < -0.39 is 0 Å². The number of ether oxygens (including phenoxy) is 1. The standard InChI is InChI=1S/C19H23N3O2/c1-19(2)13-22(11-9-17(19)20)18(23)14-5-7-15(8-6-14)24-16-4-3-10-21-12-16/h3-8,10,12,17H,9,11,13,20H2,1-2H3. The van der Waals surface area contributed by atoms with E-state index in [0.29, 0.717) is 30.2 Å². The summed E-state index contributed by atoms with van der Waals surface area (Å²) in [5, 5.41) is 0. The maximum absolute atomic E-state index is 12.7. The lowest BCUT2D eigenvalue weighted by Crippen LogP contribution is -2.53. The minimum atomic E-state index is -0.0583. The van der Waals surface area contributed by atoms with E-state index in [0.717, 1.165) is 6.42 Å². The molecule has 1 unspecified atom stereocenters. The van der Waals surface area contributed by atoms with Gasteiger partial charge in [-0.05, 0) is 48.2 Å². The summed E-state index contributed by atoms with van der Waals surface area (Å²) in [5.74, 6) is 1.40. The molecule has 0 radical (unpaired) electrons. The Morgan fingerprint density at radius 1 is 1.25 bits per heavy atom. The van der Waals surface area contributed by atoms with Crippen molar-refractivity contribution in [2.45, 2.75) is 26.3 Å². The van der Waals surface area contributed by atoms with E-state index in [9.17, 15) is 4.79 Å². The van der Waals surface area contributed by atoms with Gasteiger partial charge in [0.05, 0.1) is 6.20 Å². The molecule has 1 fully saturated rings. The quantitative estimate of drug-likeness (QED) is 0.941. The van der Waals surface area contributed by atoms with Gasteiger partial charge in [0.15, 0.2) is 0 Å². The second-order valence-electron chi connectivity index (χ2n) is 6.93. The summed E-state index contributed by atoms with van der Waals surface area (Å²) in [6, 6.07) is 11.0. The van der Waals surface area contributed by atoms with Crippen molar-refractivity contribution in [2.75, 3.05) is 13.1 Å². The lowest BCUT2D eigenvalue weighted by molar-refractivity contribution is 0.0533. The van der Waals surface area contributed by atoms with Gasteiger partial charge in [-0.25, -0.2) is 0 Å². The third-order valence-electron chi connectivity index (χ3n) is 4.57. The molecule has 1 saturated heterocycles. The van der Waals surface area contributed by atoms with Crippen LogP contribution in [-0.4, -0.2) is 34.9 Å². The number of piperidine rings is 1. The second kappa shape index (κ2) is 6.61. The largest absolute Gasteiger partial charge is 0.456 e. The SMILES string of the molecule is CC1(C)CN(C(=O)c2ccc(Oc3cccnc3)cc2)CCC1N. The van der Waals surface area contributed by atoms with Crippen molar-refractivity contribution in [3.05, 3.63) is 54.4 Å². The van der Waals surface area contributed by atoms with E-state index in [1.165, 1.54) is 0 Å². The van der Waals surface area contributed by atoms with E-state index in [1.807, 2.05) is 17.0 Å². The summed E-state index contributed by atoms with van der Waals surface area (Å²) >= 11 is 0. The number of carbonyl (C=O) groups excluding carboxylic acids is 1. The Morgan fingerprint density at radius 3 is 2.62 bits per heavy atom. The van der Waals surface area contributed by atoms with Crippen LogP contribution < -0.4 is 10.5 Å². The molecule has 5 nitrogen and oxygen atoms in total. The molecule has 0 saturated carbocycles. The lowest BCUT2D eigenvalue weighted by Gasteiger charge is -2.42. The molecular weight excluding hydrogens is 302 g/mol. The molecule has 1 amide bonds. The minimum absolute atomic E-state index is 0.0444.